The maximum atomic E-state index is 12.5. The topological polar surface area (TPSA) is 58.6 Å². The Kier molecular flexibility index (Phi) is 7.09. The summed E-state index contributed by atoms with van der Waals surface area (Å²) in [5.41, 5.74) is 1.31. The monoisotopic (exact) mass is 444 g/mol. The molecule has 5 nitrogen and oxygen atoms in total. The molecule has 0 bridgehead atoms. The number of benzene rings is 2. The van der Waals surface area contributed by atoms with E-state index < -0.39 is 0 Å². The number of carbonyl (C=O) groups is 2. The van der Waals surface area contributed by atoms with Crippen LogP contribution in [-0.4, -0.2) is 34.2 Å². The Hall–Kier alpha value is -2.61. The number of hydrogen-bond acceptors (Lipinski definition) is 5. The Morgan fingerprint density at radius 2 is 1.97 bits per heavy atom. The van der Waals surface area contributed by atoms with E-state index in [1.807, 2.05) is 12.1 Å². The van der Waals surface area contributed by atoms with Gasteiger partial charge in [-0.1, -0.05) is 59.9 Å². The molecular weight excluding hydrogens is 428 g/mol. The van der Waals surface area contributed by atoms with Crippen LogP contribution in [0.4, 0.5) is 5.69 Å². The van der Waals surface area contributed by atoms with E-state index >= 15 is 0 Å². The molecule has 0 atom stereocenters. The lowest BCUT2D eigenvalue weighted by Crippen LogP contribution is -2.27. The van der Waals surface area contributed by atoms with Crippen LogP contribution in [0.5, 0.6) is 5.75 Å². The van der Waals surface area contributed by atoms with Crippen LogP contribution in [-0.2, 0) is 9.59 Å². The molecule has 0 aliphatic carbocycles. The van der Waals surface area contributed by atoms with Gasteiger partial charge < -0.3 is 10.1 Å². The predicted octanol–water partition coefficient (Wildman–Crippen LogP) is 4.74. The van der Waals surface area contributed by atoms with E-state index in [0.29, 0.717) is 37.8 Å². The maximum absolute atomic E-state index is 12.5. The molecule has 1 aliphatic rings. The molecule has 8 heteroatoms. The van der Waals surface area contributed by atoms with E-state index in [4.69, 9.17) is 28.6 Å². The van der Waals surface area contributed by atoms with Gasteiger partial charge in [0.1, 0.15) is 10.1 Å². The van der Waals surface area contributed by atoms with Crippen LogP contribution < -0.4 is 10.1 Å². The van der Waals surface area contributed by atoms with Gasteiger partial charge in [-0.05, 0) is 36.4 Å². The molecule has 1 heterocycles. The van der Waals surface area contributed by atoms with Gasteiger partial charge in [-0.3, -0.25) is 14.5 Å². The predicted molar refractivity (Wildman–Crippen MR) is 122 cm³/mol. The second-order valence-corrected chi connectivity index (χ2v) is 8.07. The molecule has 1 saturated heterocycles. The number of anilines is 1. The minimum atomic E-state index is -0.306. The van der Waals surface area contributed by atoms with E-state index in [2.05, 4.69) is 11.9 Å². The summed E-state index contributed by atoms with van der Waals surface area (Å²) < 4.78 is 6.16. The zero-order chi connectivity index (χ0) is 20.8. The molecule has 29 heavy (non-hydrogen) atoms. The molecule has 0 unspecified atom stereocenters. The third-order valence-electron chi connectivity index (χ3n) is 3.88. The Balaban J connectivity index is 1.68. The number of carbonyl (C=O) groups excluding carboxylic acids is 2. The highest BCUT2D eigenvalue weighted by atomic mass is 35.5. The number of thioether (sulfide) groups is 1. The molecule has 0 spiro atoms. The number of ether oxygens (including phenoxy) is 1. The summed E-state index contributed by atoms with van der Waals surface area (Å²) in [6, 6.07) is 14.0. The summed E-state index contributed by atoms with van der Waals surface area (Å²) in [6.07, 6.45) is 3.35. The van der Waals surface area contributed by atoms with Crippen LogP contribution in [0.2, 0.25) is 5.02 Å². The molecule has 0 aromatic heterocycles. The van der Waals surface area contributed by atoms with Crippen molar-refractivity contribution in [2.45, 2.75) is 0 Å². The molecule has 0 saturated carbocycles. The largest absolute Gasteiger partial charge is 0.483 e. The number of nitrogens with zero attached hydrogens (tertiary/aromatic N) is 1. The summed E-state index contributed by atoms with van der Waals surface area (Å²) >= 11 is 12.3. The molecule has 1 N–H and O–H groups in total. The number of halogens is 1. The second-order valence-electron chi connectivity index (χ2n) is 5.96. The lowest BCUT2D eigenvalue weighted by molar-refractivity contribution is -0.121. The zero-order valence-corrected chi connectivity index (χ0v) is 17.7. The highest BCUT2D eigenvalue weighted by molar-refractivity contribution is 8.26. The number of amides is 2. The van der Waals surface area contributed by atoms with Crippen molar-refractivity contribution in [3.63, 3.8) is 0 Å². The third kappa shape index (κ3) is 5.47. The minimum absolute atomic E-state index is 0.171. The number of thiocarbonyl (C=S) groups is 1. The second kappa shape index (κ2) is 9.73. The maximum Gasteiger partial charge on any atom is 0.266 e. The molecule has 2 aromatic carbocycles. The summed E-state index contributed by atoms with van der Waals surface area (Å²) in [7, 11) is 0. The average molecular weight is 445 g/mol. The Morgan fingerprint density at radius 1 is 1.24 bits per heavy atom. The Morgan fingerprint density at radius 3 is 2.69 bits per heavy atom. The van der Waals surface area contributed by atoms with Crippen LogP contribution in [0.15, 0.2) is 66.1 Å². The van der Waals surface area contributed by atoms with Crippen molar-refractivity contribution >= 4 is 63.5 Å². The standard InChI is InChI=1S/C21H17ClN2O3S2/c1-2-11-24-20(26)18(29-21(24)28)12-14-5-3-4-6-17(14)27-13-19(25)23-16-9-7-15(22)8-10-16/h2-10,12H,1,11,13H2,(H,23,25)/b18-12-. The summed E-state index contributed by atoms with van der Waals surface area (Å²) in [5.74, 6) is 0.0161. The van der Waals surface area contributed by atoms with Gasteiger partial charge in [0.2, 0.25) is 0 Å². The number of para-hydroxylation sites is 1. The zero-order valence-electron chi connectivity index (χ0n) is 15.3. The molecule has 3 rings (SSSR count). The van der Waals surface area contributed by atoms with E-state index in [1.54, 1.807) is 48.6 Å². The first-order valence-electron chi connectivity index (χ1n) is 8.61. The number of hydrogen-bond donors (Lipinski definition) is 1. The fourth-order valence-electron chi connectivity index (χ4n) is 2.53. The van der Waals surface area contributed by atoms with E-state index in [1.165, 1.54) is 16.7 Å². The van der Waals surface area contributed by atoms with Gasteiger partial charge in [-0.25, -0.2) is 0 Å². The lowest BCUT2D eigenvalue weighted by atomic mass is 10.2. The first kappa shape index (κ1) is 21.1. The molecule has 2 aromatic rings. The highest BCUT2D eigenvalue weighted by Crippen LogP contribution is 2.34. The summed E-state index contributed by atoms with van der Waals surface area (Å²) in [5, 5.41) is 3.32. The molecule has 2 amide bonds. The van der Waals surface area contributed by atoms with Gasteiger partial charge in [0.15, 0.2) is 6.61 Å². The molecule has 1 fully saturated rings. The van der Waals surface area contributed by atoms with Crippen LogP contribution in [0.3, 0.4) is 0 Å². The molecule has 148 valence electrons. The van der Waals surface area contributed by atoms with Crippen LogP contribution in [0.25, 0.3) is 6.08 Å². The minimum Gasteiger partial charge on any atom is -0.483 e. The molecular formula is C21H17ClN2O3S2. The van der Waals surface area contributed by atoms with Crippen LogP contribution in [0, 0.1) is 0 Å². The van der Waals surface area contributed by atoms with Crippen molar-refractivity contribution in [1.29, 1.82) is 0 Å². The van der Waals surface area contributed by atoms with E-state index in [-0.39, 0.29) is 18.4 Å². The van der Waals surface area contributed by atoms with E-state index in [9.17, 15) is 9.59 Å². The van der Waals surface area contributed by atoms with Crippen LogP contribution >= 0.6 is 35.6 Å². The third-order valence-corrected chi connectivity index (χ3v) is 5.51. The SMILES string of the molecule is C=CCN1C(=O)/C(=C/c2ccccc2OCC(=O)Nc2ccc(Cl)cc2)SC1=S. The normalized spacial score (nSPS) is 14.9. The fraction of sp³-hybridized carbons (Fsp3) is 0.0952. The van der Waals surface area contributed by atoms with Crippen molar-refractivity contribution < 1.29 is 14.3 Å². The van der Waals surface area contributed by atoms with Crippen molar-refractivity contribution in [3.8, 4) is 5.75 Å². The summed E-state index contributed by atoms with van der Waals surface area (Å²) in [4.78, 5) is 26.6. The van der Waals surface area contributed by atoms with Gasteiger partial charge in [-0.2, -0.15) is 0 Å². The lowest BCUT2D eigenvalue weighted by Gasteiger charge is -2.11. The fourth-order valence-corrected chi connectivity index (χ4v) is 3.92. The van der Waals surface area contributed by atoms with Gasteiger partial charge >= 0.3 is 0 Å². The Bertz CT molecular complexity index is 990. The van der Waals surface area contributed by atoms with Crippen molar-refractivity contribution in [1.82, 2.24) is 4.90 Å². The van der Waals surface area contributed by atoms with Gasteiger partial charge in [-0.15, -0.1) is 6.58 Å². The van der Waals surface area contributed by atoms with Crippen molar-refractivity contribution in [2.75, 3.05) is 18.5 Å². The first-order chi connectivity index (χ1) is 14.0. The van der Waals surface area contributed by atoms with Crippen LogP contribution in [0.1, 0.15) is 5.56 Å². The highest BCUT2D eigenvalue weighted by Gasteiger charge is 2.31. The van der Waals surface area contributed by atoms with Gasteiger partial charge in [0.05, 0.1) is 4.91 Å². The first-order valence-corrected chi connectivity index (χ1v) is 10.2. The molecule has 0 radical (unpaired) electrons. The summed E-state index contributed by atoms with van der Waals surface area (Å²) in [6.45, 7) is 3.83. The molecule has 1 aliphatic heterocycles. The number of rotatable bonds is 7. The Labute approximate surface area is 183 Å². The van der Waals surface area contributed by atoms with Crippen molar-refractivity contribution in [2.24, 2.45) is 0 Å². The van der Waals surface area contributed by atoms with E-state index in [0.717, 1.165) is 0 Å². The quantitative estimate of drug-likeness (QED) is 0.379. The van der Waals surface area contributed by atoms with Gasteiger partial charge in [0.25, 0.3) is 11.8 Å². The smallest absolute Gasteiger partial charge is 0.266 e. The average Bonchev–Trinajstić information content (AvgIpc) is 2.97. The van der Waals surface area contributed by atoms with Gasteiger partial charge in [0, 0.05) is 22.8 Å². The number of nitrogens with one attached hydrogen (secondary N) is 1. The van der Waals surface area contributed by atoms with Crippen molar-refractivity contribution in [3.05, 3.63) is 76.7 Å².